The molecule has 0 aliphatic carbocycles. The van der Waals surface area contributed by atoms with E-state index in [1.807, 2.05) is 0 Å². The highest BCUT2D eigenvalue weighted by atomic mass is 31.2. The fourth-order valence-electron chi connectivity index (χ4n) is 5.43. The van der Waals surface area contributed by atoms with Crippen LogP contribution in [0, 0.1) is 0 Å². The third-order valence-electron chi connectivity index (χ3n) is 8.28. The lowest BCUT2D eigenvalue weighted by Crippen LogP contribution is -2.29. The Morgan fingerprint density at radius 1 is 0.543 bits per heavy atom. The molecule has 0 aromatic heterocycles. The van der Waals surface area contributed by atoms with Gasteiger partial charge in [0.2, 0.25) is 0 Å². The van der Waals surface area contributed by atoms with Gasteiger partial charge in [-0.25, -0.2) is 4.57 Å². The van der Waals surface area contributed by atoms with Crippen molar-refractivity contribution in [1.29, 1.82) is 0 Å². The molecule has 46 heavy (non-hydrogen) atoms. The van der Waals surface area contributed by atoms with Crippen LogP contribution in [0.5, 0.6) is 0 Å². The minimum atomic E-state index is -4.73. The first kappa shape index (κ1) is 44.8. The van der Waals surface area contributed by atoms with E-state index in [-0.39, 0.29) is 19.4 Å². The molecule has 0 aliphatic rings. The Bertz CT molecular complexity index is 766. The zero-order chi connectivity index (χ0) is 34.0. The highest BCUT2D eigenvalue weighted by molar-refractivity contribution is 7.46. The van der Waals surface area contributed by atoms with Crippen molar-refractivity contribution in [2.75, 3.05) is 13.2 Å². The first-order valence-corrected chi connectivity index (χ1v) is 20.5. The molecule has 0 amide bonds. The van der Waals surface area contributed by atoms with E-state index in [2.05, 4.69) is 30.5 Å². The van der Waals surface area contributed by atoms with E-state index >= 15 is 0 Å². The van der Waals surface area contributed by atoms with Gasteiger partial charge in [0.15, 0.2) is 6.10 Å². The average molecular weight is 675 g/mol. The molecule has 0 aromatic rings. The molecule has 0 spiro atoms. The molecule has 0 saturated carbocycles. The minimum absolute atomic E-state index is 0.214. The first-order chi connectivity index (χ1) is 22.3. The van der Waals surface area contributed by atoms with Crippen LogP contribution in [0.2, 0.25) is 0 Å². The van der Waals surface area contributed by atoms with Crippen LogP contribution in [0.1, 0.15) is 194 Å². The number of unbranched alkanes of at least 4 members (excludes halogenated alkanes) is 23. The molecule has 1 unspecified atom stereocenters. The Hall–Kier alpha value is -1.21. The summed E-state index contributed by atoms with van der Waals surface area (Å²) in [5.74, 6) is -0.894. The van der Waals surface area contributed by atoms with Gasteiger partial charge in [-0.2, -0.15) is 0 Å². The van der Waals surface area contributed by atoms with Crippen molar-refractivity contribution >= 4 is 19.8 Å². The van der Waals surface area contributed by atoms with Crippen molar-refractivity contribution in [3.63, 3.8) is 0 Å². The molecule has 0 bridgehead atoms. The topological polar surface area (TPSA) is 119 Å². The van der Waals surface area contributed by atoms with Gasteiger partial charge in [0.05, 0.1) is 6.61 Å². The van der Waals surface area contributed by atoms with Crippen molar-refractivity contribution in [3.05, 3.63) is 12.2 Å². The summed E-state index contributed by atoms with van der Waals surface area (Å²) in [5, 5.41) is 0. The maximum atomic E-state index is 12.3. The summed E-state index contributed by atoms with van der Waals surface area (Å²) in [6.45, 7) is 3.58. The van der Waals surface area contributed by atoms with Crippen LogP contribution in [-0.4, -0.2) is 41.0 Å². The summed E-state index contributed by atoms with van der Waals surface area (Å²) >= 11 is 0. The van der Waals surface area contributed by atoms with Gasteiger partial charge in [0.1, 0.15) is 6.61 Å². The summed E-state index contributed by atoms with van der Waals surface area (Å²) in [4.78, 5) is 42.3. The number of phosphoric ester groups is 1. The van der Waals surface area contributed by atoms with Crippen LogP contribution >= 0.6 is 7.82 Å². The van der Waals surface area contributed by atoms with Crippen LogP contribution in [0.4, 0.5) is 0 Å². The smallest absolute Gasteiger partial charge is 0.462 e. The van der Waals surface area contributed by atoms with Crippen LogP contribution in [0.15, 0.2) is 12.2 Å². The van der Waals surface area contributed by atoms with E-state index in [1.165, 1.54) is 109 Å². The number of hydrogen-bond donors (Lipinski definition) is 2. The average Bonchev–Trinajstić information content (AvgIpc) is 3.02. The predicted molar refractivity (Wildman–Crippen MR) is 189 cm³/mol. The number of carbonyl (C=O) groups is 2. The van der Waals surface area contributed by atoms with E-state index in [0.717, 1.165) is 51.4 Å². The molecular weight excluding hydrogens is 603 g/mol. The van der Waals surface area contributed by atoms with E-state index < -0.39 is 32.5 Å². The monoisotopic (exact) mass is 674 g/mol. The number of carbonyl (C=O) groups excluding carboxylic acids is 2. The lowest BCUT2D eigenvalue weighted by atomic mass is 10.0. The quantitative estimate of drug-likeness (QED) is 0.0295. The molecule has 0 aromatic carbocycles. The molecule has 8 nitrogen and oxygen atoms in total. The molecule has 0 saturated heterocycles. The lowest BCUT2D eigenvalue weighted by molar-refractivity contribution is -0.161. The summed E-state index contributed by atoms with van der Waals surface area (Å²) in [6, 6.07) is 0. The zero-order valence-corrected chi connectivity index (χ0v) is 30.6. The second-order valence-electron chi connectivity index (χ2n) is 12.9. The van der Waals surface area contributed by atoms with E-state index in [0.29, 0.717) is 6.42 Å². The van der Waals surface area contributed by atoms with Crippen molar-refractivity contribution in [2.45, 2.75) is 200 Å². The molecule has 0 fully saturated rings. The number of ether oxygens (including phenoxy) is 2. The lowest BCUT2D eigenvalue weighted by Gasteiger charge is -2.18. The van der Waals surface area contributed by atoms with Gasteiger partial charge >= 0.3 is 19.8 Å². The van der Waals surface area contributed by atoms with Crippen LogP contribution in [-0.2, 0) is 28.2 Å². The van der Waals surface area contributed by atoms with E-state index in [9.17, 15) is 14.2 Å². The summed E-state index contributed by atoms with van der Waals surface area (Å²) < 4.78 is 26.1. The summed E-state index contributed by atoms with van der Waals surface area (Å²) in [7, 11) is -4.73. The molecule has 9 heteroatoms. The molecule has 272 valence electrons. The van der Waals surface area contributed by atoms with Gasteiger partial charge in [0.25, 0.3) is 0 Å². The number of allylic oxidation sites excluding steroid dienone is 2. The Morgan fingerprint density at radius 3 is 1.33 bits per heavy atom. The Balaban J connectivity index is 3.73. The van der Waals surface area contributed by atoms with E-state index in [4.69, 9.17) is 19.3 Å². The molecule has 0 rings (SSSR count). The molecule has 2 N–H and O–H groups in total. The minimum Gasteiger partial charge on any atom is -0.462 e. The molecule has 0 radical (unpaired) electrons. The van der Waals surface area contributed by atoms with Crippen LogP contribution in [0.25, 0.3) is 0 Å². The first-order valence-electron chi connectivity index (χ1n) is 19.0. The van der Waals surface area contributed by atoms with Crippen molar-refractivity contribution in [1.82, 2.24) is 0 Å². The SMILES string of the molecule is CCCCCCCCCC/C=C\CCCCCCCCCCCCCC(=O)OC(COC(=O)CCCCCCC)COP(=O)(O)O. The molecular formula is C37H71O8P. The number of esters is 2. The van der Waals surface area contributed by atoms with Gasteiger partial charge in [-0.05, 0) is 38.5 Å². The number of hydrogen-bond acceptors (Lipinski definition) is 6. The van der Waals surface area contributed by atoms with Gasteiger partial charge in [0, 0.05) is 12.8 Å². The van der Waals surface area contributed by atoms with Crippen molar-refractivity contribution in [2.24, 2.45) is 0 Å². The second kappa shape index (κ2) is 33.7. The predicted octanol–water partition coefficient (Wildman–Crippen LogP) is 11.1. The normalized spacial score (nSPS) is 12.5. The molecule has 1 atom stereocenters. The highest BCUT2D eigenvalue weighted by Crippen LogP contribution is 2.36. The number of phosphoric acid groups is 1. The summed E-state index contributed by atoms with van der Waals surface area (Å²) in [5.41, 5.74) is 0. The fourth-order valence-corrected chi connectivity index (χ4v) is 5.79. The summed E-state index contributed by atoms with van der Waals surface area (Å²) in [6.07, 6.45) is 35.6. The Morgan fingerprint density at radius 2 is 0.913 bits per heavy atom. The van der Waals surface area contributed by atoms with Gasteiger partial charge < -0.3 is 19.3 Å². The third kappa shape index (κ3) is 35.6. The maximum absolute atomic E-state index is 12.3. The van der Waals surface area contributed by atoms with Crippen LogP contribution < -0.4 is 0 Å². The van der Waals surface area contributed by atoms with Crippen molar-refractivity contribution in [3.8, 4) is 0 Å². The standard InChI is InChI=1S/C37H71O8P/c1-3-5-7-9-10-11-12-13-14-15-16-17-18-19-20-21-22-23-24-25-26-28-30-32-37(39)45-35(34-44-46(40,41)42)33-43-36(38)31-29-27-8-6-4-2/h15-16,35H,3-14,17-34H2,1-2H3,(H2,40,41,42)/b16-15-. The number of rotatable bonds is 35. The van der Waals surface area contributed by atoms with Gasteiger partial charge in [-0.3, -0.25) is 14.1 Å². The largest absolute Gasteiger partial charge is 0.469 e. The second-order valence-corrected chi connectivity index (χ2v) is 14.1. The van der Waals surface area contributed by atoms with E-state index in [1.54, 1.807) is 0 Å². The van der Waals surface area contributed by atoms with Gasteiger partial charge in [-0.15, -0.1) is 0 Å². The highest BCUT2D eigenvalue weighted by Gasteiger charge is 2.22. The zero-order valence-electron chi connectivity index (χ0n) is 29.7. The third-order valence-corrected chi connectivity index (χ3v) is 8.77. The van der Waals surface area contributed by atoms with Gasteiger partial charge in [-0.1, -0.05) is 154 Å². The van der Waals surface area contributed by atoms with Crippen LogP contribution in [0.3, 0.4) is 0 Å². The Labute approximate surface area is 282 Å². The molecule has 0 aliphatic heterocycles. The molecule has 0 heterocycles. The maximum Gasteiger partial charge on any atom is 0.469 e. The Kier molecular flexibility index (Phi) is 32.8. The fraction of sp³-hybridized carbons (Fsp3) is 0.892. The van der Waals surface area contributed by atoms with Crippen molar-refractivity contribution < 1.29 is 37.9 Å².